The fourth-order valence-electron chi connectivity index (χ4n) is 5.44. The normalized spacial score (nSPS) is 21.4. The number of rotatable bonds is 17. The summed E-state index contributed by atoms with van der Waals surface area (Å²) < 4.78 is 0. The van der Waals surface area contributed by atoms with Crippen LogP contribution >= 0.6 is 0 Å². The molecule has 1 aromatic rings. The molecule has 6 amide bonds. The topological polar surface area (TPSA) is 310 Å². The Morgan fingerprint density at radius 1 is 0.827 bits per heavy atom. The van der Waals surface area contributed by atoms with Crippen molar-refractivity contribution < 1.29 is 43.8 Å². The number of benzene rings is 1. The van der Waals surface area contributed by atoms with E-state index in [9.17, 15) is 43.8 Å². The fraction of sp³-hybridized carbons (Fsp3) is 0.618. The first-order valence-corrected chi connectivity index (χ1v) is 17.6. The Balaban J connectivity index is 2.46. The van der Waals surface area contributed by atoms with Gasteiger partial charge in [0.05, 0.1) is 6.42 Å². The molecule has 0 aromatic heterocycles. The number of phenols is 1. The summed E-state index contributed by atoms with van der Waals surface area (Å²) in [6, 6.07) is -2.00. The number of amides is 6. The molecular weight excluding hydrogens is 678 g/mol. The van der Waals surface area contributed by atoms with Gasteiger partial charge in [-0.15, -0.1) is 0 Å². The molecule has 52 heavy (non-hydrogen) atoms. The maximum absolute atomic E-state index is 13.9. The smallest absolute Gasteiger partial charge is 0.326 e. The molecule has 1 aliphatic rings. The number of nitrogens with two attached hydrogens (primary N) is 3. The largest absolute Gasteiger partial charge is 0.508 e. The number of hydrogen-bond donors (Lipinski definition) is 11. The molecule has 6 atom stereocenters. The van der Waals surface area contributed by atoms with Crippen LogP contribution in [0.3, 0.4) is 0 Å². The van der Waals surface area contributed by atoms with Crippen molar-refractivity contribution in [3.63, 3.8) is 0 Å². The molecular formula is C34H55N9O9. The summed E-state index contributed by atoms with van der Waals surface area (Å²) in [5.74, 6) is -6.15. The van der Waals surface area contributed by atoms with Gasteiger partial charge >= 0.3 is 5.97 Å². The molecule has 0 unspecified atom stereocenters. The van der Waals surface area contributed by atoms with Gasteiger partial charge in [-0.3, -0.25) is 28.8 Å². The summed E-state index contributed by atoms with van der Waals surface area (Å²) in [5, 5.41) is 34.7. The van der Waals surface area contributed by atoms with Gasteiger partial charge < -0.3 is 59.3 Å². The number of hydrogen-bond acceptors (Lipinski definition) is 11. The van der Waals surface area contributed by atoms with Gasteiger partial charge in [0.25, 0.3) is 0 Å². The van der Waals surface area contributed by atoms with Gasteiger partial charge in [0.2, 0.25) is 35.4 Å². The lowest BCUT2D eigenvalue weighted by Gasteiger charge is -2.28. The number of phenolic OH excluding ortho intramolecular Hbond substituents is 1. The number of carbonyl (C=O) groups excluding carboxylic acids is 6. The predicted molar refractivity (Wildman–Crippen MR) is 190 cm³/mol. The summed E-state index contributed by atoms with van der Waals surface area (Å²) in [5.41, 5.74) is 17.8. The molecule has 18 nitrogen and oxygen atoms in total. The predicted octanol–water partition coefficient (Wildman–Crippen LogP) is -2.41. The van der Waals surface area contributed by atoms with Gasteiger partial charge in [-0.2, -0.15) is 0 Å². The van der Waals surface area contributed by atoms with Crippen LogP contribution in [0, 0.1) is 5.92 Å². The molecule has 1 fully saturated rings. The van der Waals surface area contributed by atoms with E-state index in [1.807, 2.05) is 0 Å². The van der Waals surface area contributed by atoms with Crippen molar-refractivity contribution in [3.05, 3.63) is 29.8 Å². The molecule has 0 saturated carbocycles. The van der Waals surface area contributed by atoms with Crippen molar-refractivity contribution >= 4 is 41.4 Å². The summed E-state index contributed by atoms with van der Waals surface area (Å²) in [6.45, 7) is 3.88. The van der Waals surface area contributed by atoms with E-state index in [1.165, 1.54) is 24.3 Å². The first-order chi connectivity index (χ1) is 24.6. The van der Waals surface area contributed by atoms with E-state index < -0.39 is 84.1 Å². The van der Waals surface area contributed by atoms with Crippen LogP contribution < -0.4 is 49.1 Å². The molecule has 1 heterocycles. The van der Waals surface area contributed by atoms with E-state index in [1.54, 1.807) is 13.8 Å². The molecule has 2 rings (SSSR count). The van der Waals surface area contributed by atoms with Crippen LogP contribution in [0.2, 0.25) is 0 Å². The van der Waals surface area contributed by atoms with Crippen molar-refractivity contribution in [1.29, 1.82) is 0 Å². The summed E-state index contributed by atoms with van der Waals surface area (Å²) in [7, 11) is 0. The highest BCUT2D eigenvalue weighted by Crippen LogP contribution is 2.13. The number of nitrogens with one attached hydrogen (secondary N) is 6. The second-order valence-corrected chi connectivity index (χ2v) is 13.3. The van der Waals surface area contributed by atoms with Gasteiger partial charge in [0.1, 0.15) is 42.0 Å². The second-order valence-electron chi connectivity index (χ2n) is 13.3. The maximum Gasteiger partial charge on any atom is 0.326 e. The monoisotopic (exact) mass is 733 g/mol. The van der Waals surface area contributed by atoms with Crippen LogP contribution in [0.25, 0.3) is 0 Å². The van der Waals surface area contributed by atoms with E-state index in [0.29, 0.717) is 44.3 Å². The maximum atomic E-state index is 13.9. The molecule has 1 aromatic carbocycles. The zero-order valence-electron chi connectivity index (χ0n) is 29.8. The molecule has 18 heteroatoms. The first-order valence-electron chi connectivity index (χ1n) is 17.6. The fourth-order valence-corrected chi connectivity index (χ4v) is 5.44. The van der Waals surface area contributed by atoms with Crippen molar-refractivity contribution in [1.82, 2.24) is 31.9 Å². The minimum Gasteiger partial charge on any atom is -0.508 e. The van der Waals surface area contributed by atoms with E-state index in [-0.39, 0.29) is 43.9 Å². The summed E-state index contributed by atoms with van der Waals surface area (Å²) >= 11 is 0. The Morgan fingerprint density at radius 2 is 1.38 bits per heavy atom. The Hall–Kier alpha value is -4.81. The van der Waals surface area contributed by atoms with Crippen LogP contribution in [0.1, 0.15) is 70.8 Å². The standard InChI is InChI=1S/C34H55N9O9/c1-19(2)15-27(34(51)52)43-32(49)25(16-20-9-11-21(44)12-10-20)41-33(50)26-17-28(45)38-18-22(37)29(46)39-23(7-3-5-13-35)30(47)40-24(31(48)42-26)8-4-6-14-36/h9-12,19,22-27,44H,3-8,13-18,35-37H2,1-2H3,(H,38,45)(H,39,46)(H,40,47)(H,41,50)(H,42,48)(H,43,49)(H,51,52)/t22-,23-,24-,25-,26-,27-/m0/s1. The number of aliphatic carboxylic acids is 1. The molecule has 0 spiro atoms. The third-order valence-corrected chi connectivity index (χ3v) is 8.37. The zero-order chi connectivity index (χ0) is 38.8. The van der Waals surface area contributed by atoms with Crippen LogP contribution in [-0.2, 0) is 40.0 Å². The minimum absolute atomic E-state index is 0.0442. The van der Waals surface area contributed by atoms with Gasteiger partial charge in [0, 0.05) is 13.0 Å². The molecule has 0 bridgehead atoms. The van der Waals surface area contributed by atoms with Gasteiger partial charge in [-0.1, -0.05) is 26.0 Å². The van der Waals surface area contributed by atoms with Crippen molar-refractivity contribution in [2.75, 3.05) is 19.6 Å². The number of aromatic hydroxyl groups is 1. The molecule has 0 aliphatic carbocycles. The van der Waals surface area contributed by atoms with Gasteiger partial charge in [-0.05, 0) is 81.6 Å². The molecule has 290 valence electrons. The lowest BCUT2D eigenvalue weighted by Crippen LogP contribution is -2.61. The van der Waals surface area contributed by atoms with Crippen LogP contribution in [-0.4, -0.2) is 108 Å². The molecule has 14 N–H and O–H groups in total. The zero-order valence-corrected chi connectivity index (χ0v) is 29.8. The van der Waals surface area contributed by atoms with Gasteiger partial charge in [0.15, 0.2) is 0 Å². The third-order valence-electron chi connectivity index (χ3n) is 8.37. The van der Waals surface area contributed by atoms with Crippen molar-refractivity contribution in [2.24, 2.45) is 23.1 Å². The average molecular weight is 734 g/mol. The molecule has 0 radical (unpaired) electrons. The molecule has 1 aliphatic heterocycles. The quantitative estimate of drug-likeness (QED) is 0.0747. The van der Waals surface area contributed by atoms with Crippen molar-refractivity contribution in [3.8, 4) is 5.75 Å². The summed E-state index contributed by atoms with van der Waals surface area (Å²) in [4.78, 5) is 92.5. The van der Waals surface area contributed by atoms with Crippen molar-refractivity contribution in [2.45, 2.75) is 108 Å². The Labute approximate surface area is 303 Å². The summed E-state index contributed by atoms with van der Waals surface area (Å²) in [6.07, 6.45) is 1.59. The lowest BCUT2D eigenvalue weighted by atomic mass is 10.0. The Morgan fingerprint density at radius 3 is 1.92 bits per heavy atom. The highest BCUT2D eigenvalue weighted by molar-refractivity contribution is 5.98. The van der Waals surface area contributed by atoms with E-state index >= 15 is 0 Å². The van der Waals surface area contributed by atoms with E-state index in [0.717, 1.165) is 0 Å². The number of unbranched alkanes of at least 4 members (excludes halogenated alkanes) is 2. The lowest BCUT2D eigenvalue weighted by molar-refractivity contribution is -0.143. The number of carbonyl (C=O) groups is 7. The average Bonchev–Trinajstić information content (AvgIpc) is 3.08. The van der Waals surface area contributed by atoms with Crippen LogP contribution in [0.5, 0.6) is 5.75 Å². The van der Waals surface area contributed by atoms with Gasteiger partial charge in [-0.25, -0.2) is 4.79 Å². The Kier molecular flexibility index (Phi) is 18.5. The van der Waals surface area contributed by atoms with E-state index in [4.69, 9.17) is 17.2 Å². The van der Waals surface area contributed by atoms with E-state index in [2.05, 4.69) is 31.9 Å². The highest BCUT2D eigenvalue weighted by Gasteiger charge is 2.34. The minimum atomic E-state index is -1.59. The van der Waals surface area contributed by atoms with Crippen LogP contribution in [0.4, 0.5) is 0 Å². The Bertz CT molecular complexity index is 1380. The second kappa shape index (κ2) is 22.2. The SMILES string of the molecule is CC(C)C[C@H](NC(=O)[C@H](Cc1ccc(O)cc1)NC(=O)[C@@H]1CC(=O)NC[C@H](N)C(=O)N[C@@H](CCCCN)C(=O)N[C@@H](CCCCN)C(=O)N1)C(=O)O. The number of carboxylic acids is 1. The number of carboxylic acid groups (broad SMARTS) is 1. The highest BCUT2D eigenvalue weighted by atomic mass is 16.4. The first kappa shape index (κ1) is 43.4. The third kappa shape index (κ3) is 15.2. The van der Waals surface area contributed by atoms with Crippen LogP contribution in [0.15, 0.2) is 24.3 Å². The molecule has 1 saturated heterocycles.